The Labute approximate surface area is 106 Å². The van der Waals surface area contributed by atoms with E-state index >= 15 is 0 Å². The van der Waals surface area contributed by atoms with Crippen molar-refractivity contribution in [3.63, 3.8) is 0 Å². The van der Waals surface area contributed by atoms with Crippen LogP contribution < -0.4 is 5.32 Å². The molecule has 1 saturated heterocycles. The van der Waals surface area contributed by atoms with E-state index < -0.39 is 0 Å². The van der Waals surface area contributed by atoms with Crippen molar-refractivity contribution in [2.24, 2.45) is 0 Å². The minimum Gasteiger partial charge on any atom is -0.459 e. The lowest BCUT2D eigenvalue weighted by atomic mass is 9.91. The van der Waals surface area contributed by atoms with E-state index in [0.717, 1.165) is 18.5 Å². The number of ether oxygens (including phenoxy) is 2. The number of carbonyl (C=O) groups is 1. The van der Waals surface area contributed by atoms with Crippen LogP contribution in [0.1, 0.15) is 23.5 Å². The molecule has 2 aliphatic rings. The first-order valence-corrected chi connectivity index (χ1v) is 6.41. The molecule has 1 N–H and O–H groups in total. The van der Waals surface area contributed by atoms with Crippen LogP contribution in [0.2, 0.25) is 0 Å². The fourth-order valence-corrected chi connectivity index (χ4v) is 2.56. The topological polar surface area (TPSA) is 47.6 Å². The highest BCUT2D eigenvalue weighted by Gasteiger charge is 2.30. The van der Waals surface area contributed by atoms with Crippen molar-refractivity contribution in [1.29, 1.82) is 0 Å². The molecule has 18 heavy (non-hydrogen) atoms. The van der Waals surface area contributed by atoms with Crippen LogP contribution in [0, 0.1) is 0 Å². The van der Waals surface area contributed by atoms with Crippen LogP contribution in [-0.2, 0) is 20.8 Å². The van der Waals surface area contributed by atoms with Gasteiger partial charge in [0.25, 0.3) is 0 Å². The third-order valence-corrected chi connectivity index (χ3v) is 3.55. The molecular weight excluding hydrogens is 230 g/mol. The number of hydrogen-bond donors (Lipinski definition) is 1. The molecule has 0 aliphatic carbocycles. The van der Waals surface area contributed by atoms with E-state index in [1.54, 1.807) is 0 Å². The zero-order valence-electron chi connectivity index (χ0n) is 10.2. The Morgan fingerprint density at radius 1 is 1.39 bits per heavy atom. The molecule has 0 aromatic heterocycles. The highest BCUT2D eigenvalue weighted by atomic mass is 16.6. The molecule has 96 valence electrons. The molecule has 2 atom stereocenters. The number of fused-ring (bicyclic) bond motifs is 1. The molecule has 3 rings (SSSR count). The van der Waals surface area contributed by atoms with Crippen molar-refractivity contribution in [1.82, 2.24) is 5.32 Å². The third kappa shape index (κ3) is 2.26. The van der Waals surface area contributed by atoms with Gasteiger partial charge in [0.2, 0.25) is 0 Å². The molecule has 4 nitrogen and oxygen atoms in total. The fraction of sp³-hybridized carbons (Fsp3) is 0.500. The summed E-state index contributed by atoms with van der Waals surface area (Å²) < 4.78 is 10.7. The zero-order chi connectivity index (χ0) is 12.4. The van der Waals surface area contributed by atoms with E-state index in [-0.39, 0.29) is 18.0 Å². The third-order valence-electron chi connectivity index (χ3n) is 3.55. The fourth-order valence-electron chi connectivity index (χ4n) is 2.56. The number of benzene rings is 1. The Kier molecular flexibility index (Phi) is 3.30. The van der Waals surface area contributed by atoms with Crippen LogP contribution in [-0.4, -0.2) is 31.8 Å². The largest absolute Gasteiger partial charge is 0.459 e. The van der Waals surface area contributed by atoms with Crippen molar-refractivity contribution >= 4 is 5.97 Å². The molecule has 0 bridgehead atoms. The van der Waals surface area contributed by atoms with Gasteiger partial charge in [-0.3, -0.25) is 4.79 Å². The van der Waals surface area contributed by atoms with Crippen LogP contribution in [0.4, 0.5) is 0 Å². The van der Waals surface area contributed by atoms with Crippen molar-refractivity contribution in [3.8, 4) is 0 Å². The Morgan fingerprint density at radius 2 is 2.28 bits per heavy atom. The normalized spacial score (nSPS) is 26.7. The summed E-state index contributed by atoms with van der Waals surface area (Å²) in [4.78, 5) is 12.2. The molecule has 0 radical (unpaired) electrons. The monoisotopic (exact) mass is 247 g/mol. The predicted molar refractivity (Wildman–Crippen MR) is 66.2 cm³/mol. The molecule has 1 fully saturated rings. The van der Waals surface area contributed by atoms with Crippen LogP contribution in [0.5, 0.6) is 0 Å². The van der Waals surface area contributed by atoms with Gasteiger partial charge < -0.3 is 14.8 Å². The van der Waals surface area contributed by atoms with Gasteiger partial charge in [0, 0.05) is 19.5 Å². The second-order valence-corrected chi connectivity index (χ2v) is 4.80. The quantitative estimate of drug-likeness (QED) is 0.798. The summed E-state index contributed by atoms with van der Waals surface area (Å²) in [6.45, 7) is 2.71. The van der Waals surface area contributed by atoms with Gasteiger partial charge in [0.05, 0.1) is 19.1 Å². The van der Waals surface area contributed by atoms with Crippen LogP contribution >= 0.6 is 0 Å². The minimum absolute atomic E-state index is 0.0633. The summed E-state index contributed by atoms with van der Waals surface area (Å²) >= 11 is 0. The second-order valence-electron chi connectivity index (χ2n) is 4.80. The number of rotatable bonds is 2. The summed E-state index contributed by atoms with van der Waals surface area (Å²) in [5, 5.41) is 3.26. The van der Waals surface area contributed by atoms with Gasteiger partial charge in [0.15, 0.2) is 0 Å². The van der Waals surface area contributed by atoms with Crippen molar-refractivity contribution in [2.75, 3.05) is 19.8 Å². The van der Waals surface area contributed by atoms with Crippen LogP contribution in [0.3, 0.4) is 0 Å². The van der Waals surface area contributed by atoms with E-state index in [2.05, 4.69) is 11.4 Å². The van der Waals surface area contributed by atoms with E-state index in [1.165, 1.54) is 5.56 Å². The van der Waals surface area contributed by atoms with Gasteiger partial charge in [-0.25, -0.2) is 0 Å². The Balaban J connectivity index is 1.74. The molecule has 0 saturated carbocycles. The molecule has 1 aromatic carbocycles. The first-order valence-electron chi connectivity index (χ1n) is 6.41. The minimum atomic E-state index is -0.185. The predicted octanol–water partition coefficient (Wildman–Crippen LogP) is 1.21. The Bertz CT molecular complexity index is 440. The second kappa shape index (κ2) is 5.08. The van der Waals surface area contributed by atoms with E-state index in [4.69, 9.17) is 9.47 Å². The summed E-state index contributed by atoms with van der Waals surface area (Å²) in [5.41, 5.74) is 2.29. The zero-order valence-corrected chi connectivity index (χ0v) is 10.2. The summed E-state index contributed by atoms with van der Waals surface area (Å²) in [6.07, 6.45) is 0.750. The van der Waals surface area contributed by atoms with Gasteiger partial charge in [-0.2, -0.15) is 0 Å². The maximum Gasteiger partial charge on any atom is 0.315 e. The lowest BCUT2D eigenvalue weighted by molar-refractivity contribution is -0.151. The number of nitrogens with one attached hydrogen (secondary N) is 1. The average Bonchev–Trinajstić information content (AvgIpc) is 2.91. The van der Waals surface area contributed by atoms with Crippen molar-refractivity contribution in [2.45, 2.75) is 25.0 Å². The molecule has 4 heteroatoms. The number of hydrogen-bond acceptors (Lipinski definition) is 4. The van der Waals surface area contributed by atoms with Crippen molar-refractivity contribution < 1.29 is 14.3 Å². The maximum absolute atomic E-state index is 12.2. The smallest absolute Gasteiger partial charge is 0.315 e. The van der Waals surface area contributed by atoms with E-state index in [9.17, 15) is 4.79 Å². The summed E-state index contributed by atoms with van der Waals surface area (Å²) in [7, 11) is 0. The molecule has 2 unspecified atom stereocenters. The molecule has 2 aliphatic heterocycles. The lowest BCUT2D eigenvalue weighted by Gasteiger charge is -2.25. The number of esters is 1. The standard InChI is InChI=1S/C14H17NO3/c16-14(18-11-5-6-17-9-11)13-8-15-7-10-3-1-2-4-12(10)13/h1-4,11,13,15H,5-9H2. The van der Waals surface area contributed by atoms with Gasteiger partial charge in [-0.1, -0.05) is 24.3 Å². The molecular formula is C14H17NO3. The molecule has 2 heterocycles. The molecule has 0 amide bonds. The van der Waals surface area contributed by atoms with Gasteiger partial charge >= 0.3 is 5.97 Å². The summed E-state index contributed by atoms with van der Waals surface area (Å²) in [5.74, 6) is -0.319. The number of carbonyl (C=O) groups excluding carboxylic acids is 1. The SMILES string of the molecule is O=C(OC1CCOC1)C1CNCc2ccccc21. The van der Waals surface area contributed by atoms with Gasteiger partial charge in [-0.05, 0) is 11.1 Å². The van der Waals surface area contributed by atoms with Crippen LogP contribution in [0.15, 0.2) is 24.3 Å². The van der Waals surface area contributed by atoms with Crippen LogP contribution in [0.25, 0.3) is 0 Å². The van der Waals surface area contributed by atoms with E-state index in [1.807, 2.05) is 18.2 Å². The van der Waals surface area contributed by atoms with E-state index in [0.29, 0.717) is 19.8 Å². The first kappa shape index (κ1) is 11.7. The summed E-state index contributed by atoms with van der Waals surface area (Å²) in [6, 6.07) is 8.05. The maximum atomic E-state index is 12.2. The highest BCUT2D eigenvalue weighted by Crippen LogP contribution is 2.26. The lowest BCUT2D eigenvalue weighted by Crippen LogP contribution is -2.35. The Hall–Kier alpha value is -1.39. The molecule has 1 aromatic rings. The first-order chi connectivity index (χ1) is 8.84. The van der Waals surface area contributed by atoms with Crippen molar-refractivity contribution in [3.05, 3.63) is 35.4 Å². The van der Waals surface area contributed by atoms with Gasteiger partial charge in [-0.15, -0.1) is 0 Å². The highest BCUT2D eigenvalue weighted by molar-refractivity contribution is 5.79. The molecule has 0 spiro atoms. The Morgan fingerprint density at radius 3 is 3.11 bits per heavy atom. The average molecular weight is 247 g/mol. The van der Waals surface area contributed by atoms with Gasteiger partial charge in [0.1, 0.15) is 6.10 Å².